The molecule has 0 aliphatic rings. The van der Waals surface area contributed by atoms with Crippen molar-refractivity contribution in [3.63, 3.8) is 0 Å². The lowest BCUT2D eigenvalue weighted by molar-refractivity contribution is 0.0725. The van der Waals surface area contributed by atoms with Gasteiger partial charge in [-0.3, -0.25) is 0 Å². The molecule has 14 heavy (non-hydrogen) atoms. The normalized spacial score (nSPS) is 11.3. The molecule has 1 aromatic rings. The second-order valence-corrected chi connectivity index (χ2v) is 4.14. The molecule has 2 heteroatoms. The molecule has 2 nitrogen and oxygen atoms in total. The maximum Gasteiger partial charge on any atom is 0.0649 e. The maximum absolute atomic E-state index is 5.53. The molecule has 0 atom stereocenters. The molecular formula is C12H21NO. The van der Waals surface area contributed by atoms with E-state index < -0.39 is 0 Å². The van der Waals surface area contributed by atoms with Crippen LogP contribution in [0.4, 0.5) is 0 Å². The first-order chi connectivity index (χ1) is 6.52. The molecule has 0 unspecified atom stereocenters. The van der Waals surface area contributed by atoms with Crippen molar-refractivity contribution in [2.45, 2.75) is 47.3 Å². The number of ether oxygens (including phenoxy) is 1. The summed E-state index contributed by atoms with van der Waals surface area (Å²) in [7, 11) is 0. The minimum atomic E-state index is 0.327. The third kappa shape index (κ3) is 2.61. The first-order valence-corrected chi connectivity index (χ1v) is 5.27. The lowest BCUT2D eigenvalue weighted by atomic mass is 10.2. The molecule has 1 aromatic heterocycles. The smallest absolute Gasteiger partial charge is 0.0649 e. The predicted octanol–water partition coefficient (Wildman–Crippen LogP) is 2.84. The van der Waals surface area contributed by atoms with E-state index in [1.807, 2.05) is 0 Å². The molecule has 0 N–H and O–H groups in total. The van der Waals surface area contributed by atoms with E-state index in [1.54, 1.807) is 0 Å². The van der Waals surface area contributed by atoms with Crippen LogP contribution in [0.5, 0.6) is 0 Å². The van der Waals surface area contributed by atoms with Crippen LogP contribution in [0, 0.1) is 20.8 Å². The second kappa shape index (κ2) is 4.65. The Hall–Kier alpha value is -0.760. The Labute approximate surface area is 86.9 Å². The van der Waals surface area contributed by atoms with Gasteiger partial charge in [-0.25, -0.2) is 0 Å². The van der Waals surface area contributed by atoms with Crippen molar-refractivity contribution in [3.8, 4) is 0 Å². The predicted molar refractivity (Wildman–Crippen MR) is 59.7 cm³/mol. The van der Waals surface area contributed by atoms with Gasteiger partial charge in [0, 0.05) is 18.4 Å². The van der Waals surface area contributed by atoms with Crippen molar-refractivity contribution in [1.29, 1.82) is 0 Å². The second-order valence-electron chi connectivity index (χ2n) is 4.14. The highest BCUT2D eigenvalue weighted by molar-refractivity contribution is 5.28. The molecular weight excluding hydrogens is 174 g/mol. The standard InChI is InChI=1S/C12H21NO/c1-9(2)14-7-6-13-8-10(3)11(4)12(13)5/h8-9H,6-7H2,1-5H3. The fourth-order valence-corrected chi connectivity index (χ4v) is 1.55. The number of aryl methyl sites for hydroxylation is 1. The Morgan fingerprint density at radius 1 is 1.29 bits per heavy atom. The molecule has 0 fully saturated rings. The summed E-state index contributed by atoms with van der Waals surface area (Å²) < 4.78 is 7.80. The summed E-state index contributed by atoms with van der Waals surface area (Å²) >= 11 is 0. The van der Waals surface area contributed by atoms with Gasteiger partial charge >= 0.3 is 0 Å². The average Bonchev–Trinajstić information content (AvgIpc) is 2.33. The van der Waals surface area contributed by atoms with Gasteiger partial charge in [0.25, 0.3) is 0 Å². The molecule has 0 bridgehead atoms. The highest BCUT2D eigenvalue weighted by Gasteiger charge is 2.04. The zero-order valence-electron chi connectivity index (χ0n) is 9.92. The summed E-state index contributed by atoms with van der Waals surface area (Å²) in [6, 6.07) is 0. The quantitative estimate of drug-likeness (QED) is 0.720. The summed E-state index contributed by atoms with van der Waals surface area (Å²) in [6.07, 6.45) is 2.53. The molecule has 0 spiro atoms. The van der Waals surface area contributed by atoms with Crippen LogP contribution in [0.3, 0.4) is 0 Å². The van der Waals surface area contributed by atoms with Gasteiger partial charge in [-0.15, -0.1) is 0 Å². The monoisotopic (exact) mass is 195 g/mol. The molecule has 0 aliphatic heterocycles. The third-order valence-corrected chi connectivity index (χ3v) is 2.70. The fraction of sp³-hybridized carbons (Fsp3) is 0.667. The van der Waals surface area contributed by atoms with Crippen molar-refractivity contribution < 1.29 is 4.74 Å². The van der Waals surface area contributed by atoms with Gasteiger partial charge < -0.3 is 9.30 Å². The van der Waals surface area contributed by atoms with E-state index in [-0.39, 0.29) is 0 Å². The van der Waals surface area contributed by atoms with Crippen molar-refractivity contribution in [2.75, 3.05) is 6.61 Å². The van der Waals surface area contributed by atoms with Crippen molar-refractivity contribution >= 4 is 0 Å². The molecule has 1 heterocycles. The van der Waals surface area contributed by atoms with E-state index in [0.717, 1.165) is 13.2 Å². The van der Waals surface area contributed by atoms with Gasteiger partial charge in [-0.2, -0.15) is 0 Å². The molecule has 0 aromatic carbocycles. The average molecular weight is 195 g/mol. The Balaban J connectivity index is 2.55. The summed E-state index contributed by atoms with van der Waals surface area (Å²) in [5, 5.41) is 0. The van der Waals surface area contributed by atoms with Crippen LogP contribution in [0.2, 0.25) is 0 Å². The van der Waals surface area contributed by atoms with Crippen LogP contribution >= 0.6 is 0 Å². The number of hydrogen-bond acceptors (Lipinski definition) is 1. The highest BCUT2D eigenvalue weighted by atomic mass is 16.5. The number of rotatable bonds is 4. The number of hydrogen-bond donors (Lipinski definition) is 0. The van der Waals surface area contributed by atoms with Crippen LogP contribution in [0.25, 0.3) is 0 Å². The van der Waals surface area contributed by atoms with E-state index in [1.165, 1.54) is 16.8 Å². The minimum absolute atomic E-state index is 0.327. The van der Waals surface area contributed by atoms with E-state index in [2.05, 4.69) is 45.4 Å². The van der Waals surface area contributed by atoms with Crippen LogP contribution < -0.4 is 0 Å². The molecule has 0 aliphatic carbocycles. The van der Waals surface area contributed by atoms with Gasteiger partial charge in [0.05, 0.1) is 12.7 Å². The first kappa shape index (κ1) is 11.3. The first-order valence-electron chi connectivity index (χ1n) is 5.27. The SMILES string of the molecule is Cc1cn(CCOC(C)C)c(C)c1C. The van der Waals surface area contributed by atoms with Crippen molar-refractivity contribution in [1.82, 2.24) is 4.57 Å². The molecule has 0 saturated carbocycles. The van der Waals surface area contributed by atoms with Gasteiger partial charge in [0.15, 0.2) is 0 Å². The zero-order chi connectivity index (χ0) is 10.7. The van der Waals surface area contributed by atoms with E-state index in [4.69, 9.17) is 4.74 Å². The largest absolute Gasteiger partial charge is 0.377 e. The van der Waals surface area contributed by atoms with Crippen molar-refractivity contribution in [2.24, 2.45) is 0 Å². The molecule has 0 saturated heterocycles. The molecule has 0 amide bonds. The van der Waals surface area contributed by atoms with Gasteiger partial charge in [-0.1, -0.05) is 0 Å². The molecule has 1 rings (SSSR count). The summed E-state index contributed by atoms with van der Waals surface area (Å²) in [5.41, 5.74) is 4.12. The summed E-state index contributed by atoms with van der Waals surface area (Å²) in [4.78, 5) is 0. The fourth-order valence-electron chi connectivity index (χ4n) is 1.55. The summed E-state index contributed by atoms with van der Waals surface area (Å²) in [6.45, 7) is 12.4. The lowest BCUT2D eigenvalue weighted by Crippen LogP contribution is -2.10. The van der Waals surface area contributed by atoms with Crippen LogP contribution in [0.15, 0.2) is 6.20 Å². The Morgan fingerprint density at radius 2 is 1.93 bits per heavy atom. The van der Waals surface area contributed by atoms with Crippen molar-refractivity contribution in [3.05, 3.63) is 23.0 Å². The summed E-state index contributed by atoms with van der Waals surface area (Å²) in [5.74, 6) is 0. The van der Waals surface area contributed by atoms with Crippen LogP contribution in [-0.4, -0.2) is 17.3 Å². The third-order valence-electron chi connectivity index (χ3n) is 2.70. The number of aromatic nitrogens is 1. The Morgan fingerprint density at radius 3 is 2.36 bits per heavy atom. The molecule has 0 radical (unpaired) electrons. The zero-order valence-corrected chi connectivity index (χ0v) is 9.92. The van der Waals surface area contributed by atoms with Gasteiger partial charge in [-0.05, 0) is 45.7 Å². The van der Waals surface area contributed by atoms with E-state index >= 15 is 0 Å². The van der Waals surface area contributed by atoms with Crippen LogP contribution in [0.1, 0.15) is 30.7 Å². The van der Waals surface area contributed by atoms with Crippen LogP contribution in [-0.2, 0) is 11.3 Å². The topological polar surface area (TPSA) is 14.2 Å². The van der Waals surface area contributed by atoms with Gasteiger partial charge in [0.1, 0.15) is 0 Å². The van der Waals surface area contributed by atoms with Gasteiger partial charge in [0.2, 0.25) is 0 Å². The maximum atomic E-state index is 5.53. The number of nitrogens with zero attached hydrogens (tertiary/aromatic N) is 1. The highest BCUT2D eigenvalue weighted by Crippen LogP contribution is 2.14. The lowest BCUT2D eigenvalue weighted by Gasteiger charge is -2.09. The Kier molecular flexibility index (Phi) is 3.76. The van der Waals surface area contributed by atoms with E-state index in [9.17, 15) is 0 Å². The Bertz CT molecular complexity index is 300. The molecule has 80 valence electrons. The van der Waals surface area contributed by atoms with E-state index in [0.29, 0.717) is 6.10 Å². The minimum Gasteiger partial charge on any atom is -0.377 e.